The molecule has 2 amide bonds. The van der Waals surface area contributed by atoms with Crippen LogP contribution in [0.15, 0.2) is 41.8 Å². The number of rotatable bonds is 3. The van der Waals surface area contributed by atoms with Gasteiger partial charge in [-0.15, -0.1) is 11.3 Å². The minimum atomic E-state index is -0.145. The van der Waals surface area contributed by atoms with E-state index >= 15 is 0 Å². The molecule has 1 fully saturated rings. The summed E-state index contributed by atoms with van der Waals surface area (Å²) in [5.74, 6) is -0.114. The van der Waals surface area contributed by atoms with Gasteiger partial charge in [0.25, 0.3) is 11.8 Å². The Morgan fingerprint density at radius 1 is 1.15 bits per heavy atom. The van der Waals surface area contributed by atoms with Crippen molar-refractivity contribution < 1.29 is 9.59 Å². The topological polar surface area (TPSA) is 49.4 Å². The molecule has 1 aliphatic heterocycles. The Morgan fingerprint density at radius 2 is 2.00 bits per heavy atom. The summed E-state index contributed by atoms with van der Waals surface area (Å²) in [5.41, 5.74) is 1.27. The highest BCUT2D eigenvalue weighted by Crippen LogP contribution is 2.18. The second-order valence-electron chi connectivity index (χ2n) is 4.66. The summed E-state index contributed by atoms with van der Waals surface area (Å²) < 4.78 is 0. The van der Waals surface area contributed by atoms with Gasteiger partial charge in [-0.1, -0.05) is 12.1 Å². The van der Waals surface area contributed by atoms with Gasteiger partial charge >= 0.3 is 0 Å². The first-order valence-electron chi connectivity index (χ1n) is 6.48. The van der Waals surface area contributed by atoms with Crippen LogP contribution in [0, 0.1) is 0 Å². The van der Waals surface area contributed by atoms with Crippen LogP contribution < -0.4 is 5.32 Å². The lowest BCUT2D eigenvalue weighted by molar-refractivity contribution is 0.0651. The second-order valence-corrected chi connectivity index (χ2v) is 5.61. The molecular formula is C15H14N2O2S. The van der Waals surface area contributed by atoms with Crippen molar-refractivity contribution in [3.8, 4) is 0 Å². The van der Waals surface area contributed by atoms with Gasteiger partial charge in [0.15, 0.2) is 0 Å². The standard InChI is InChI=1S/C15H14N2O2S/c18-14(13-6-2-9-20-13)16-12-5-1-4-11(10-12)15(19)17-7-3-8-17/h1-2,4-6,9-10H,3,7-8H2,(H,16,18). The smallest absolute Gasteiger partial charge is 0.265 e. The molecule has 2 heterocycles. The normalized spacial score (nSPS) is 13.7. The predicted octanol–water partition coefficient (Wildman–Crippen LogP) is 2.85. The number of nitrogens with zero attached hydrogens (tertiary/aromatic N) is 1. The number of hydrogen-bond acceptors (Lipinski definition) is 3. The molecule has 0 bridgehead atoms. The minimum Gasteiger partial charge on any atom is -0.339 e. The average Bonchev–Trinajstić information content (AvgIpc) is 2.91. The van der Waals surface area contributed by atoms with E-state index in [1.165, 1.54) is 11.3 Å². The van der Waals surface area contributed by atoms with E-state index in [0.717, 1.165) is 19.5 Å². The van der Waals surface area contributed by atoms with Gasteiger partial charge in [-0.05, 0) is 36.1 Å². The van der Waals surface area contributed by atoms with Crippen LogP contribution in [0.3, 0.4) is 0 Å². The molecule has 3 rings (SSSR count). The van der Waals surface area contributed by atoms with E-state index in [0.29, 0.717) is 16.1 Å². The molecule has 1 aromatic carbocycles. The lowest BCUT2D eigenvalue weighted by atomic mass is 10.1. The fourth-order valence-corrected chi connectivity index (χ4v) is 2.65. The molecule has 1 aliphatic rings. The lowest BCUT2D eigenvalue weighted by Crippen LogP contribution is -2.42. The van der Waals surface area contributed by atoms with Crippen molar-refractivity contribution in [3.05, 3.63) is 52.2 Å². The van der Waals surface area contributed by atoms with Crippen molar-refractivity contribution in [2.24, 2.45) is 0 Å². The third-order valence-electron chi connectivity index (χ3n) is 3.26. The SMILES string of the molecule is O=C(Nc1cccc(C(=O)N2CCC2)c1)c1cccs1. The molecule has 0 spiro atoms. The number of carbonyl (C=O) groups excluding carboxylic acids is 2. The lowest BCUT2D eigenvalue weighted by Gasteiger charge is -2.31. The summed E-state index contributed by atoms with van der Waals surface area (Å²) in [6, 6.07) is 10.7. The molecule has 0 radical (unpaired) electrons. The first-order valence-corrected chi connectivity index (χ1v) is 7.36. The van der Waals surface area contributed by atoms with Crippen molar-refractivity contribution in [3.63, 3.8) is 0 Å². The summed E-state index contributed by atoms with van der Waals surface area (Å²) in [6.07, 6.45) is 1.07. The molecule has 0 saturated carbocycles. The van der Waals surface area contributed by atoms with Crippen LogP contribution in [0.5, 0.6) is 0 Å². The van der Waals surface area contributed by atoms with Gasteiger partial charge in [0.2, 0.25) is 0 Å². The maximum Gasteiger partial charge on any atom is 0.265 e. The van der Waals surface area contributed by atoms with Crippen LogP contribution >= 0.6 is 11.3 Å². The van der Waals surface area contributed by atoms with Gasteiger partial charge in [-0.25, -0.2) is 0 Å². The number of carbonyl (C=O) groups is 2. The van der Waals surface area contributed by atoms with E-state index in [1.54, 1.807) is 35.2 Å². The fraction of sp³-hybridized carbons (Fsp3) is 0.200. The van der Waals surface area contributed by atoms with Crippen molar-refractivity contribution >= 4 is 28.8 Å². The summed E-state index contributed by atoms with van der Waals surface area (Å²) in [5, 5.41) is 4.68. The van der Waals surface area contributed by atoms with Gasteiger partial charge in [0.05, 0.1) is 4.88 Å². The number of likely N-dealkylation sites (tertiary alicyclic amines) is 1. The Balaban J connectivity index is 1.74. The van der Waals surface area contributed by atoms with Gasteiger partial charge in [-0.3, -0.25) is 9.59 Å². The van der Waals surface area contributed by atoms with Gasteiger partial charge in [-0.2, -0.15) is 0 Å². The van der Waals surface area contributed by atoms with E-state index < -0.39 is 0 Å². The highest BCUT2D eigenvalue weighted by atomic mass is 32.1. The van der Waals surface area contributed by atoms with Gasteiger partial charge < -0.3 is 10.2 Å². The van der Waals surface area contributed by atoms with Crippen molar-refractivity contribution in [1.82, 2.24) is 4.90 Å². The number of anilines is 1. The summed E-state index contributed by atoms with van der Waals surface area (Å²) in [6.45, 7) is 1.65. The Labute approximate surface area is 121 Å². The zero-order chi connectivity index (χ0) is 13.9. The average molecular weight is 286 g/mol. The van der Waals surface area contributed by atoms with E-state index in [9.17, 15) is 9.59 Å². The number of hydrogen-bond donors (Lipinski definition) is 1. The minimum absolute atomic E-state index is 0.0310. The van der Waals surface area contributed by atoms with E-state index in [2.05, 4.69) is 5.32 Å². The molecule has 102 valence electrons. The molecule has 1 aromatic heterocycles. The maximum atomic E-state index is 12.1. The van der Waals surface area contributed by atoms with Crippen LogP contribution in [0.4, 0.5) is 5.69 Å². The number of benzene rings is 1. The first-order chi connectivity index (χ1) is 9.74. The Kier molecular flexibility index (Phi) is 3.52. The molecular weight excluding hydrogens is 272 g/mol. The second kappa shape index (κ2) is 5.46. The van der Waals surface area contributed by atoms with Crippen molar-refractivity contribution in [2.45, 2.75) is 6.42 Å². The molecule has 5 heteroatoms. The third-order valence-corrected chi connectivity index (χ3v) is 4.12. The number of nitrogens with one attached hydrogen (secondary N) is 1. The molecule has 0 atom stereocenters. The molecule has 1 N–H and O–H groups in total. The van der Waals surface area contributed by atoms with Crippen LogP contribution in [-0.4, -0.2) is 29.8 Å². The maximum absolute atomic E-state index is 12.1. The van der Waals surface area contributed by atoms with Crippen LogP contribution in [0.25, 0.3) is 0 Å². The van der Waals surface area contributed by atoms with E-state index in [1.807, 2.05) is 11.4 Å². The predicted molar refractivity (Wildman–Crippen MR) is 79.2 cm³/mol. The highest BCUT2D eigenvalue weighted by Gasteiger charge is 2.21. The van der Waals surface area contributed by atoms with Gasteiger partial charge in [0.1, 0.15) is 0 Å². The molecule has 20 heavy (non-hydrogen) atoms. The third kappa shape index (κ3) is 2.58. The Bertz CT molecular complexity index is 633. The summed E-state index contributed by atoms with van der Waals surface area (Å²) >= 11 is 1.39. The van der Waals surface area contributed by atoms with Gasteiger partial charge in [0, 0.05) is 24.3 Å². The van der Waals surface area contributed by atoms with E-state index in [-0.39, 0.29) is 11.8 Å². The van der Waals surface area contributed by atoms with Crippen LogP contribution in [-0.2, 0) is 0 Å². The fourth-order valence-electron chi connectivity index (χ4n) is 2.03. The molecule has 0 aliphatic carbocycles. The van der Waals surface area contributed by atoms with E-state index in [4.69, 9.17) is 0 Å². The molecule has 4 nitrogen and oxygen atoms in total. The number of amides is 2. The summed E-state index contributed by atoms with van der Waals surface area (Å²) in [4.78, 5) is 26.5. The Morgan fingerprint density at radius 3 is 2.65 bits per heavy atom. The quantitative estimate of drug-likeness (QED) is 0.943. The number of thiophene rings is 1. The molecule has 1 saturated heterocycles. The zero-order valence-electron chi connectivity index (χ0n) is 10.8. The van der Waals surface area contributed by atoms with Crippen LogP contribution in [0.1, 0.15) is 26.5 Å². The first kappa shape index (κ1) is 12.9. The Hall–Kier alpha value is -2.14. The largest absolute Gasteiger partial charge is 0.339 e. The summed E-state index contributed by atoms with van der Waals surface area (Å²) in [7, 11) is 0. The molecule has 2 aromatic rings. The highest BCUT2D eigenvalue weighted by molar-refractivity contribution is 7.12. The zero-order valence-corrected chi connectivity index (χ0v) is 11.7. The van der Waals surface area contributed by atoms with Crippen LogP contribution in [0.2, 0.25) is 0 Å². The van der Waals surface area contributed by atoms with Crippen molar-refractivity contribution in [1.29, 1.82) is 0 Å². The van der Waals surface area contributed by atoms with Crippen molar-refractivity contribution in [2.75, 3.05) is 18.4 Å². The monoisotopic (exact) mass is 286 g/mol. The molecule has 0 unspecified atom stereocenters.